The zero-order valence-corrected chi connectivity index (χ0v) is 9.70. The number of hydrogen-bond donors (Lipinski definition) is 1. The molecule has 1 rings (SSSR count). The molecule has 0 aliphatic carbocycles. The number of rotatable bonds is 4. The van der Waals surface area contributed by atoms with Gasteiger partial charge in [0.2, 0.25) is 0 Å². The molecule has 1 nitrogen and oxygen atoms in total. The third kappa shape index (κ3) is 3.50. The lowest BCUT2D eigenvalue weighted by Crippen LogP contribution is -2.01. The summed E-state index contributed by atoms with van der Waals surface area (Å²) in [7, 11) is 0. The summed E-state index contributed by atoms with van der Waals surface area (Å²) in [5.74, 6) is -0.240. The minimum Gasteiger partial charge on any atom is -0.385 e. The highest BCUT2D eigenvalue weighted by Crippen LogP contribution is 2.19. The van der Waals surface area contributed by atoms with Gasteiger partial charge in [-0.15, -0.1) is 6.58 Å². The molecular weight excluding hydrogens is 245 g/mol. The van der Waals surface area contributed by atoms with Crippen molar-refractivity contribution in [2.45, 2.75) is 13.3 Å². The summed E-state index contributed by atoms with van der Waals surface area (Å²) in [6, 6.07) is 4.89. The first-order valence-corrected chi connectivity index (χ1v) is 5.22. The Morgan fingerprint density at radius 1 is 1.57 bits per heavy atom. The Morgan fingerprint density at radius 2 is 2.29 bits per heavy atom. The van der Waals surface area contributed by atoms with Crippen molar-refractivity contribution in [2.24, 2.45) is 0 Å². The van der Waals surface area contributed by atoms with Crippen LogP contribution in [0.4, 0.5) is 10.1 Å². The van der Waals surface area contributed by atoms with Crippen LogP contribution in [0.15, 0.2) is 34.8 Å². The second kappa shape index (κ2) is 5.15. The maximum Gasteiger partial charge on any atom is 0.137 e. The molecule has 0 saturated heterocycles. The van der Waals surface area contributed by atoms with Crippen LogP contribution in [0.2, 0.25) is 0 Å². The van der Waals surface area contributed by atoms with Gasteiger partial charge in [-0.05, 0) is 47.5 Å². The van der Waals surface area contributed by atoms with E-state index >= 15 is 0 Å². The lowest BCUT2D eigenvalue weighted by atomic mass is 10.2. The van der Waals surface area contributed by atoms with Gasteiger partial charge in [0.05, 0.1) is 4.47 Å². The van der Waals surface area contributed by atoms with E-state index in [2.05, 4.69) is 27.8 Å². The van der Waals surface area contributed by atoms with Crippen LogP contribution < -0.4 is 5.32 Å². The molecule has 1 aromatic carbocycles. The van der Waals surface area contributed by atoms with Gasteiger partial charge in [0.1, 0.15) is 5.82 Å². The molecule has 0 amide bonds. The van der Waals surface area contributed by atoms with Crippen LogP contribution >= 0.6 is 15.9 Å². The Labute approximate surface area is 92.1 Å². The first-order valence-electron chi connectivity index (χ1n) is 4.43. The largest absolute Gasteiger partial charge is 0.385 e. The average molecular weight is 258 g/mol. The lowest BCUT2D eigenvalue weighted by molar-refractivity contribution is 0.621. The lowest BCUT2D eigenvalue weighted by Gasteiger charge is -2.06. The minimum atomic E-state index is -0.240. The molecular formula is C11H13BrFN. The Hall–Kier alpha value is -0.830. The van der Waals surface area contributed by atoms with E-state index in [1.165, 1.54) is 6.07 Å². The Bertz CT molecular complexity index is 336. The maximum absolute atomic E-state index is 12.9. The van der Waals surface area contributed by atoms with Crippen LogP contribution in [-0.2, 0) is 0 Å². The molecule has 0 unspecified atom stereocenters. The van der Waals surface area contributed by atoms with Crippen LogP contribution in [0.25, 0.3) is 0 Å². The van der Waals surface area contributed by atoms with Gasteiger partial charge in [0.15, 0.2) is 0 Å². The van der Waals surface area contributed by atoms with Gasteiger partial charge in [-0.1, -0.05) is 5.57 Å². The molecule has 0 aliphatic heterocycles. The van der Waals surface area contributed by atoms with Crippen molar-refractivity contribution in [1.29, 1.82) is 0 Å². The second-order valence-electron chi connectivity index (χ2n) is 3.26. The van der Waals surface area contributed by atoms with Gasteiger partial charge < -0.3 is 5.32 Å². The normalized spacial score (nSPS) is 9.93. The van der Waals surface area contributed by atoms with E-state index in [1.807, 2.05) is 6.92 Å². The van der Waals surface area contributed by atoms with Crippen molar-refractivity contribution < 1.29 is 4.39 Å². The van der Waals surface area contributed by atoms with Gasteiger partial charge in [-0.25, -0.2) is 4.39 Å². The van der Waals surface area contributed by atoms with E-state index in [0.29, 0.717) is 4.47 Å². The van der Waals surface area contributed by atoms with Gasteiger partial charge in [0, 0.05) is 12.2 Å². The van der Waals surface area contributed by atoms with E-state index in [-0.39, 0.29) is 5.82 Å². The summed E-state index contributed by atoms with van der Waals surface area (Å²) in [4.78, 5) is 0. The highest BCUT2D eigenvalue weighted by Gasteiger charge is 1.99. The zero-order valence-electron chi connectivity index (χ0n) is 8.11. The summed E-state index contributed by atoms with van der Waals surface area (Å²) in [6.07, 6.45) is 0.926. The fourth-order valence-electron chi connectivity index (χ4n) is 1.03. The third-order valence-electron chi connectivity index (χ3n) is 1.80. The quantitative estimate of drug-likeness (QED) is 0.806. The van der Waals surface area contributed by atoms with Crippen molar-refractivity contribution >= 4 is 21.6 Å². The molecule has 76 valence electrons. The number of benzene rings is 1. The van der Waals surface area contributed by atoms with E-state index in [0.717, 1.165) is 24.2 Å². The Morgan fingerprint density at radius 3 is 2.86 bits per heavy atom. The standard InChI is InChI=1S/C11H13BrFN/c1-8(2)5-6-14-9-3-4-11(13)10(12)7-9/h3-4,7,14H,1,5-6H2,2H3. The minimum absolute atomic E-state index is 0.240. The predicted octanol–water partition coefficient (Wildman–Crippen LogP) is 3.97. The summed E-state index contributed by atoms with van der Waals surface area (Å²) in [5, 5.41) is 3.19. The molecule has 14 heavy (non-hydrogen) atoms. The molecule has 0 bridgehead atoms. The molecule has 0 atom stereocenters. The van der Waals surface area contributed by atoms with E-state index in [4.69, 9.17) is 0 Å². The summed E-state index contributed by atoms with van der Waals surface area (Å²) < 4.78 is 13.3. The number of anilines is 1. The first-order chi connectivity index (χ1) is 6.59. The summed E-state index contributed by atoms with van der Waals surface area (Å²) in [5.41, 5.74) is 2.05. The maximum atomic E-state index is 12.9. The van der Waals surface area contributed by atoms with Crippen LogP contribution in [0.1, 0.15) is 13.3 Å². The monoisotopic (exact) mass is 257 g/mol. The molecule has 3 heteroatoms. The zero-order chi connectivity index (χ0) is 10.6. The number of hydrogen-bond acceptors (Lipinski definition) is 1. The highest BCUT2D eigenvalue weighted by atomic mass is 79.9. The van der Waals surface area contributed by atoms with Gasteiger partial charge in [-0.3, -0.25) is 0 Å². The molecule has 0 heterocycles. The van der Waals surface area contributed by atoms with E-state index in [1.54, 1.807) is 12.1 Å². The van der Waals surface area contributed by atoms with E-state index < -0.39 is 0 Å². The molecule has 0 radical (unpaired) electrons. The van der Waals surface area contributed by atoms with Crippen LogP contribution in [-0.4, -0.2) is 6.54 Å². The molecule has 0 aromatic heterocycles. The Kier molecular flexibility index (Phi) is 4.14. The predicted molar refractivity (Wildman–Crippen MR) is 62.0 cm³/mol. The van der Waals surface area contributed by atoms with Gasteiger partial charge in [-0.2, -0.15) is 0 Å². The van der Waals surface area contributed by atoms with Crippen molar-refractivity contribution in [3.63, 3.8) is 0 Å². The van der Waals surface area contributed by atoms with Crippen LogP contribution in [0, 0.1) is 5.82 Å². The number of halogens is 2. The fourth-order valence-corrected chi connectivity index (χ4v) is 1.41. The second-order valence-corrected chi connectivity index (χ2v) is 4.12. The van der Waals surface area contributed by atoms with Crippen LogP contribution in [0.3, 0.4) is 0 Å². The van der Waals surface area contributed by atoms with Gasteiger partial charge >= 0.3 is 0 Å². The van der Waals surface area contributed by atoms with Crippen molar-refractivity contribution in [1.82, 2.24) is 0 Å². The molecule has 0 fully saturated rings. The summed E-state index contributed by atoms with van der Waals surface area (Å²) >= 11 is 3.13. The molecule has 0 aliphatic rings. The molecule has 0 spiro atoms. The highest BCUT2D eigenvalue weighted by molar-refractivity contribution is 9.10. The molecule has 1 aromatic rings. The van der Waals surface area contributed by atoms with Gasteiger partial charge in [0.25, 0.3) is 0 Å². The molecule has 0 saturated carbocycles. The Balaban J connectivity index is 2.51. The third-order valence-corrected chi connectivity index (χ3v) is 2.41. The SMILES string of the molecule is C=C(C)CCNc1ccc(F)c(Br)c1. The van der Waals surface area contributed by atoms with Crippen molar-refractivity contribution in [3.05, 3.63) is 40.6 Å². The first kappa shape index (κ1) is 11.2. The van der Waals surface area contributed by atoms with Crippen molar-refractivity contribution in [2.75, 3.05) is 11.9 Å². The smallest absolute Gasteiger partial charge is 0.137 e. The average Bonchev–Trinajstić information content (AvgIpc) is 2.10. The topological polar surface area (TPSA) is 12.0 Å². The fraction of sp³-hybridized carbons (Fsp3) is 0.273. The number of nitrogens with one attached hydrogen (secondary N) is 1. The van der Waals surface area contributed by atoms with Crippen LogP contribution in [0.5, 0.6) is 0 Å². The van der Waals surface area contributed by atoms with Crippen molar-refractivity contribution in [3.8, 4) is 0 Å². The molecule has 1 N–H and O–H groups in total. The van der Waals surface area contributed by atoms with E-state index in [9.17, 15) is 4.39 Å². The summed E-state index contributed by atoms with van der Waals surface area (Å²) in [6.45, 7) is 6.62.